The largest absolute Gasteiger partial charge is 0.370 e. The van der Waals surface area contributed by atoms with E-state index in [1.54, 1.807) is 18.2 Å². The summed E-state index contributed by atoms with van der Waals surface area (Å²) in [6.45, 7) is 1.44. The number of hydrogen-bond donors (Lipinski definition) is 4. The summed E-state index contributed by atoms with van der Waals surface area (Å²) in [5.41, 5.74) is 7.21. The Morgan fingerprint density at radius 1 is 1.30 bits per heavy atom. The van der Waals surface area contributed by atoms with Crippen molar-refractivity contribution in [3.05, 3.63) is 30.0 Å². The molecule has 1 aromatic heterocycles. The number of fused-ring (bicyclic) bond motifs is 1. The molecule has 0 radical (unpaired) electrons. The maximum atomic E-state index is 11.9. The number of guanidine groups is 1. The van der Waals surface area contributed by atoms with Gasteiger partial charge >= 0.3 is 0 Å². The van der Waals surface area contributed by atoms with Gasteiger partial charge in [0, 0.05) is 30.6 Å². The average Bonchev–Trinajstić information content (AvgIpc) is 2.81. The second-order valence-corrected chi connectivity index (χ2v) is 4.23. The second-order valence-electron chi connectivity index (χ2n) is 4.23. The fourth-order valence-corrected chi connectivity index (χ4v) is 1.77. The highest BCUT2D eigenvalue weighted by atomic mass is 16.2. The summed E-state index contributed by atoms with van der Waals surface area (Å²) in [6.07, 6.45) is 0. The molecule has 7 heteroatoms. The molecule has 20 heavy (non-hydrogen) atoms. The summed E-state index contributed by atoms with van der Waals surface area (Å²) < 4.78 is 0. The standard InChI is InChI=1S/C13H15N5O2/c1-7(19)16-9-4-3-8-5-11(17-10(8)6-9)12(20)18-13(14)15-2/h3-6,17H,1-2H3,(H,16,19)(H3,14,15,18,20). The summed E-state index contributed by atoms with van der Waals surface area (Å²) in [5, 5.41) is 5.98. The molecule has 0 unspecified atom stereocenters. The van der Waals surface area contributed by atoms with Crippen molar-refractivity contribution in [3.63, 3.8) is 0 Å². The maximum Gasteiger partial charge on any atom is 0.274 e. The Hall–Kier alpha value is -2.83. The monoisotopic (exact) mass is 273 g/mol. The summed E-state index contributed by atoms with van der Waals surface area (Å²) in [6, 6.07) is 7.03. The number of aromatic nitrogens is 1. The lowest BCUT2D eigenvalue weighted by molar-refractivity contribution is -0.114. The highest BCUT2D eigenvalue weighted by Gasteiger charge is 2.10. The molecule has 1 aromatic carbocycles. The van der Waals surface area contributed by atoms with Crippen molar-refractivity contribution < 1.29 is 9.59 Å². The van der Waals surface area contributed by atoms with Gasteiger partial charge in [-0.2, -0.15) is 0 Å². The molecule has 0 saturated heterocycles. The number of amides is 2. The number of nitrogens with two attached hydrogens (primary N) is 1. The fourth-order valence-electron chi connectivity index (χ4n) is 1.77. The van der Waals surface area contributed by atoms with E-state index in [0.29, 0.717) is 11.4 Å². The van der Waals surface area contributed by atoms with Gasteiger partial charge in [0.25, 0.3) is 5.91 Å². The van der Waals surface area contributed by atoms with Crippen LogP contribution in [0.3, 0.4) is 0 Å². The van der Waals surface area contributed by atoms with Crippen LogP contribution in [-0.4, -0.2) is 29.8 Å². The van der Waals surface area contributed by atoms with Gasteiger partial charge in [-0.15, -0.1) is 0 Å². The van der Waals surface area contributed by atoms with E-state index in [1.807, 2.05) is 6.07 Å². The number of hydrogen-bond acceptors (Lipinski definition) is 3. The highest BCUT2D eigenvalue weighted by Crippen LogP contribution is 2.20. The summed E-state index contributed by atoms with van der Waals surface area (Å²) in [5.74, 6) is -0.473. The van der Waals surface area contributed by atoms with Crippen LogP contribution >= 0.6 is 0 Å². The first-order chi connectivity index (χ1) is 9.49. The third kappa shape index (κ3) is 2.94. The predicted octanol–water partition coefficient (Wildman–Crippen LogP) is 0.801. The lowest BCUT2D eigenvalue weighted by atomic mass is 10.2. The minimum atomic E-state index is -0.370. The normalized spacial score (nSPS) is 11.4. The molecule has 2 rings (SSSR count). The first-order valence-corrected chi connectivity index (χ1v) is 5.93. The highest BCUT2D eigenvalue weighted by molar-refractivity contribution is 6.06. The van der Waals surface area contributed by atoms with Crippen LogP contribution in [0, 0.1) is 0 Å². The topological polar surface area (TPSA) is 112 Å². The maximum absolute atomic E-state index is 11.9. The van der Waals surface area contributed by atoms with Crippen LogP contribution in [0.2, 0.25) is 0 Å². The van der Waals surface area contributed by atoms with Crippen molar-refractivity contribution in [3.8, 4) is 0 Å². The van der Waals surface area contributed by atoms with Crippen molar-refractivity contribution in [2.75, 3.05) is 12.4 Å². The molecule has 2 aromatic rings. The van der Waals surface area contributed by atoms with Crippen LogP contribution in [0.4, 0.5) is 5.69 Å². The first-order valence-electron chi connectivity index (χ1n) is 5.93. The number of carbonyl (C=O) groups excluding carboxylic acids is 2. The van der Waals surface area contributed by atoms with Crippen molar-refractivity contribution in [2.45, 2.75) is 6.92 Å². The van der Waals surface area contributed by atoms with Gasteiger partial charge in [-0.1, -0.05) is 6.07 Å². The van der Waals surface area contributed by atoms with E-state index in [4.69, 9.17) is 5.73 Å². The molecule has 1 heterocycles. The minimum Gasteiger partial charge on any atom is -0.370 e. The van der Waals surface area contributed by atoms with Crippen LogP contribution in [0.15, 0.2) is 29.3 Å². The number of nitrogens with zero attached hydrogens (tertiary/aromatic N) is 1. The van der Waals surface area contributed by atoms with Gasteiger partial charge in [0.1, 0.15) is 5.69 Å². The van der Waals surface area contributed by atoms with Crippen LogP contribution in [0.25, 0.3) is 10.9 Å². The molecule has 0 aliphatic rings. The Balaban J connectivity index is 2.29. The number of anilines is 1. The molecule has 7 nitrogen and oxygen atoms in total. The van der Waals surface area contributed by atoms with Gasteiger partial charge < -0.3 is 16.0 Å². The lowest BCUT2D eigenvalue weighted by Crippen LogP contribution is -2.36. The third-order valence-electron chi connectivity index (χ3n) is 2.67. The van der Waals surface area contributed by atoms with Crippen molar-refractivity contribution in [1.82, 2.24) is 10.3 Å². The SMILES string of the molecule is CN=C(N)NC(=O)c1cc2ccc(NC(C)=O)cc2[nH]1. The van der Waals surface area contributed by atoms with E-state index >= 15 is 0 Å². The summed E-state index contributed by atoms with van der Waals surface area (Å²) in [4.78, 5) is 29.5. The van der Waals surface area contributed by atoms with E-state index in [9.17, 15) is 9.59 Å². The van der Waals surface area contributed by atoms with Crippen LogP contribution in [-0.2, 0) is 4.79 Å². The Bertz CT molecular complexity index is 702. The number of aromatic amines is 1. The molecule has 0 bridgehead atoms. The van der Waals surface area contributed by atoms with Crippen molar-refractivity contribution >= 4 is 34.4 Å². The Kier molecular flexibility index (Phi) is 3.69. The Labute approximate surface area is 115 Å². The van der Waals surface area contributed by atoms with E-state index in [1.165, 1.54) is 14.0 Å². The zero-order chi connectivity index (χ0) is 14.7. The number of carbonyl (C=O) groups is 2. The molecule has 5 N–H and O–H groups in total. The molecule has 0 spiro atoms. The summed E-state index contributed by atoms with van der Waals surface area (Å²) >= 11 is 0. The van der Waals surface area contributed by atoms with E-state index in [0.717, 1.165) is 10.9 Å². The lowest BCUT2D eigenvalue weighted by Gasteiger charge is -2.01. The average molecular weight is 273 g/mol. The Morgan fingerprint density at radius 3 is 2.70 bits per heavy atom. The number of nitrogens with one attached hydrogen (secondary N) is 3. The molecular weight excluding hydrogens is 258 g/mol. The molecule has 104 valence electrons. The molecule has 0 aliphatic heterocycles. The number of benzene rings is 1. The third-order valence-corrected chi connectivity index (χ3v) is 2.67. The van der Waals surface area contributed by atoms with E-state index in [-0.39, 0.29) is 17.8 Å². The predicted molar refractivity (Wildman–Crippen MR) is 77.6 cm³/mol. The number of H-pyrrole nitrogens is 1. The van der Waals surface area contributed by atoms with Crippen LogP contribution < -0.4 is 16.4 Å². The summed E-state index contributed by atoms with van der Waals surface area (Å²) in [7, 11) is 1.49. The van der Waals surface area contributed by atoms with Crippen LogP contribution in [0.5, 0.6) is 0 Å². The molecule has 0 atom stereocenters. The fraction of sp³-hybridized carbons (Fsp3) is 0.154. The van der Waals surface area contributed by atoms with Gasteiger partial charge in [-0.3, -0.25) is 19.9 Å². The van der Waals surface area contributed by atoms with Gasteiger partial charge in [0.15, 0.2) is 5.96 Å². The molecule has 2 amide bonds. The minimum absolute atomic E-state index is 0.0487. The molecule has 0 saturated carbocycles. The molecule has 0 aliphatic carbocycles. The van der Waals surface area contributed by atoms with E-state index in [2.05, 4.69) is 20.6 Å². The van der Waals surface area contributed by atoms with Gasteiger partial charge in [0.2, 0.25) is 5.91 Å². The van der Waals surface area contributed by atoms with Gasteiger partial charge in [-0.05, 0) is 18.2 Å². The zero-order valence-corrected chi connectivity index (χ0v) is 11.2. The Morgan fingerprint density at radius 2 is 2.05 bits per heavy atom. The van der Waals surface area contributed by atoms with Crippen molar-refractivity contribution in [2.24, 2.45) is 10.7 Å². The molecule has 0 fully saturated rings. The number of rotatable bonds is 2. The van der Waals surface area contributed by atoms with Crippen molar-refractivity contribution in [1.29, 1.82) is 0 Å². The van der Waals surface area contributed by atoms with E-state index < -0.39 is 0 Å². The quantitative estimate of drug-likeness (QED) is 0.479. The van der Waals surface area contributed by atoms with Gasteiger partial charge in [-0.25, -0.2) is 0 Å². The number of aliphatic imine (C=N–C) groups is 1. The van der Waals surface area contributed by atoms with Crippen LogP contribution in [0.1, 0.15) is 17.4 Å². The second kappa shape index (κ2) is 5.43. The smallest absolute Gasteiger partial charge is 0.274 e. The zero-order valence-electron chi connectivity index (χ0n) is 11.2. The first kappa shape index (κ1) is 13.6. The molecular formula is C13H15N5O2. The van der Waals surface area contributed by atoms with Gasteiger partial charge in [0.05, 0.1) is 0 Å².